The zero-order valence-corrected chi connectivity index (χ0v) is 6.35. The molecule has 0 aromatic rings. The Morgan fingerprint density at radius 1 is 1.00 bits per heavy atom. The molecule has 0 aliphatic rings. The molecular weight excluding hydrogens is 199 g/mol. The second-order valence-electron chi connectivity index (χ2n) is 0.979. The van der Waals surface area contributed by atoms with Crippen LogP contribution in [0.25, 0.3) is 11.7 Å². The summed E-state index contributed by atoms with van der Waals surface area (Å²) in [5.74, 6) is 11.9. The van der Waals surface area contributed by atoms with Crippen molar-refractivity contribution in [2.24, 2.45) is 11.5 Å². The Labute approximate surface area is 73.2 Å². The van der Waals surface area contributed by atoms with Gasteiger partial charge in [-0.05, 0) is 0 Å². The molecule has 0 unspecified atom stereocenters. The number of urea groups is 2. The van der Waals surface area contributed by atoms with Crippen LogP contribution in [0.5, 0.6) is 0 Å². The van der Waals surface area contributed by atoms with E-state index in [4.69, 9.17) is 11.7 Å². The maximum absolute atomic E-state index is 9.29. The first-order valence-corrected chi connectivity index (χ1v) is 1.99. The first-order chi connectivity index (χ1) is 4.54. The summed E-state index contributed by atoms with van der Waals surface area (Å²) in [6, 6.07) is -1.66. The predicted molar refractivity (Wildman–Crippen MR) is 34.1 cm³/mol. The summed E-state index contributed by atoms with van der Waals surface area (Å²) in [5, 5.41) is 0. The predicted octanol–water partition coefficient (Wildman–Crippen LogP) is -0.759. The summed E-state index contributed by atoms with van der Waals surface area (Å²) in [6.45, 7) is 0. The van der Waals surface area contributed by atoms with Crippen LogP contribution in [0, 0.1) is 0 Å². The molecule has 0 atom stereocenters. The maximum atomic E-state index is 9.29. The van der Waals surface area contributed by atoms with Gasteiger partial charge in [-0.15, -0.1) is 0 Å². The average Bonchev–Trinajstić information content (AvgIpc) is 1.89. The van der Waals surface area contributed by atoms with Crippen LogP contribution >= 0.6 is 0 Å². The van der Waals surface area contributed by atoms with Crippen LogP contribution in [0.15, 0.2) is 0 Å². The molecule has 9 heteroatoms. The molecule has 1 radical (unpaired) electrons. The molecule has 0 aliphatic carbocycles. The number of nitrogens with one attached hydrogen (secondary N) is 4. The van der Waals surface area contributed by atoms with E-state index in [0.29, 0.717) is 0 Å². The Bertz CT molecular complexity index is 103. The molecule has 8 nitrogen and oxygen atoms in total. The van der Waals surface area contributed by atoms with Gasteiger partial charge in [-0.25, -0.2) is 0 Å². The van der Waals surface area contributed by atoms with Gasteiger partial charge in [-0.1, -0.05) is 0 Å². The van der Waals surface area contributed by atoms with E-state index in [-0.39, 0.29) is 16.8 Å². The van der Waals surface area contributed by atoms with Crippen LogP contribution in [-0.4, -0.2) is 12.1 Å². The number of hydrogen-bond donors (Lipinski definition) is 4. The SMILES string of the molecule is [Co+2].[NH-]NC(N)=O.[NH-]NC(N)=O. The molecule has 4 amide bonds. The fraction of sp³-hybridized carbons (Fsp3) is 0. The molecule has 0 heterocycles. The molecule has 67 valence electrons. The molecule has 0 rings (SSSR count). The van der Waals surface area contributed by atoms with Gasteiger partial charge in [-0.2, -0.15) is 0 Å². The summed E-state index contributed by atoms with van der Waals surface area (Å²) < 4.78 is 0. The van der Waals surface area contributed by atoms with Crippen molar-refractivity contribution in [2.75, 3.05) is 0 Å². The Hall–Kier alpha value is -1.03. The van der Waals surface area contributed by atoms with Crippen molar-refractivity contribution in [3.8, 4) is 0 Å². The van der Waals surface area contributed by atoms with Crippen molar-refractivity contribution >= 4 is 12.1 Å². The second-order valence-corrected chi connectivity index (χ2v) is 0.979. The minimum absolute atomic E-state index is 0. The Morgan fingerprint density at radius 2 is 1.09 bits per heavy atom. The molecule has 0 aromatic carbocycles. The smallest absolute Gasteiger partial charge is 0.582 e. The number of nitrogens with two attached hydrogens (primary N) is 2. The van der Waals surface area contributed by atoms with Crippen LogP contribution in [0.1, 0.15) is 0 Å². The summed E-state index contributed by atoms with van der Waals surface area (Å²) in [5.41, 5.74) is 11.5. The van der Waals surface area contributed by atoms with Crippen LogP contribution < -0.4 is 22.3 Å². The fourth-order valence-electron chi connectivity index (χ4n) is 0. The van der Waals surface area contributed by atoms with Crippen LogP contribution in [0.3, 0.4) is 0 Å². The molecule has 11 heavy (non-hydrogen) atoms. The molecule has 0 saturated carbocycles. The third-order valence-corrected chi connectivity index (χ3v) is 0.246. The van der Waals surface area contributed by atoms with Gasteiger partial charge in [0.1, 0.15) is 0 Å². The Morgan fingerprint density at radius 3 is 1.09 bits per heavy atom. The largest absolute Gasteiger partial charge is 2.00 e. The maximum Gasteiger partial charge on any atom is 2.00 e. The molecule has 8 N–H and O–H groups in total. The number of hydrogen-bond acceptors (Lipinski definition) is 2. The summed E-state index contributed by atoms with van der Waals surface area (Å²) in [6.07, 6.45) is 0. The van der Waals surface area contributed by atoms with Gasteiger partial charge >= 0.3 is 16.8 Å². The summed E-state index contributed by atoms with van der Waals surface area (Å²) in [4.78, 5) is 18.6. The van der Waals surface area contributed by atoms with Gasteiger partial charge < -0.3 is 34.0 Å². The minimum atomic E-state index is -0.829. The second kappa shape index (κ2) is 11.7. The third-order valence-electron chi connectivity index (χ3n) is 0.246. The standard InChI is InChI=1S/2CH4N3O.Co/c2*2-1(5)4-3;/h2*3H,(H3,2,4,5);/q2*-1;+2. The van der Waals surface area contributed by atoms with E-state index in [2.05, 4.69) is 11.5 Å². The first kappa shape index (κ1) is 16.5. The number of amides is 4. The summed E-state index contributed by atoms with van der Waals surface area (Å²) in [7, 11) is 0. The minimum Gasteiger partial charge on any atom is -0.582 e. The van der Waals surface area contributed by atoms with E-state index >= 15 is 0 Å². The first-order valence-electron chi connectivity index (χ1n) is 1.99. The van der Waals surface area contributed by atoms with Crippen molar-refractivity contribution in [1.82, 2.24) is 10.9 Å². The van der Waals surface area contributed by atoms with E-state index < -0.39 is 12.1 Å². The Balaban J connectivity index is -0.000000107. The molecule has 0 bridgehead atoms. The average molecular weight is 207 g/mol. The molecule has 0 aliphatic heterocycles. The third kappa shape index (κ3) is 49.4. The van der Waals surface area contributed by atoms with Gasteiger partial charge in [0.2, 0.25) is 0 Å². The van der Waals surface area contributed by atoms with Gasteiger partial charge in [0.15, 0.2) is 0 Å². The monoisotopic (exact) mass is 207 g/mol. The number of rotatable bonds is 0. The van der Waals surface area contributed by atoms with E-state index in [1.165, 1.54) is 10.9 Å². The molecular formula is C2H8CoN6O2. The van der Waals surface area contributed by atoms with Crippen LogP contribution in [0.2, 0.25) is 0 Å². The van der Waals surface area contributed by atoms with Crippen LogP contribution in [0.4, 0.5) is 9.59 Å². The molecule has 0 aromatic heterocycles. The van der Waals surface area contributed by atoms with E-state index in [1.54, 1.807) is 0 Å². The van der Waals surface area contributed by atoms with Crippen molar-refractivity contribution in [1.29, 1.82) is 0 Å². The van der Waals surface area contributed by atoms with E-state index in [0.717, 1.165) is 0 Å². The van der Waals surface area contributed by atoms with Gasteiger partial charge in [0, 0.05) is 0 Å². The van der Waals surface area contributed by atoms with Gasteiger partial charge in [0.05, 0.1) is 0 Å². The van der Waals surface area contributed by atoms with E-state index in [9.17, 15) is 9.59 Å². The number of carbonyl (C=O) groups excluding carboxylic acids is 2. The zero-order chi connectivity index (χ0) is 8.57. The quantitative estimate of drug-likeness (QED) is 0.385. The van der Waals surface area contributed by atoms with Crippen molar-refractivity contribution in [3.63, 3.8) is 0 Å². The number of primary amides is 2. The van der Waals surface area contributed by atoms with Crippen LogP contribution in [-0.2, 0) is 16.8 Å². The topological polar surface area (TPSA) is 158 Å². The summed E-state index contributed by atoms with van der Waals surface area (Å²) >= 11 is 0. The fourth-order valence-corrected chi connectivity index (χ4v) is 0. The van der Waals surface area contributed by atoms with Crippen molar-refractivity contribution in [3.05, 3.63) is 11.7 Å². The molecule has 0 fully saturated rings. The van der Waals surface area contributed by atoms with E-state index in [1.807, 2.05) is 0 Å². The van der Waals surface area contributed by atoms with Gasteiger partial charge in [-0.3, -0.25) is 9.59 Å². The van der Waals surface area contributed by atoms with Crippen molar-refractivity contribution in [2.45, 2.75) is 0 Å². The normalized spacial score (nSPS) is 6.00. The van der Waals surface area contributed by atoms with Crippen molar-refractivity contribution < 1.29 is 26.4 Å². The molecule has 0 spiro atoms. The zero-order valence-electron chi connectivity index (χ0n) is 5.30. The molecule has 0 saturated heterocycles. The van der Waals surface area contributed by atoms with Gasteiger partial charge in [0.25, 0.3) is 12.1 Å². The Kier molecular flexibility index (Phi) is 17.6. The number of carbonyl (C=O) groups is 2.